The van der Waals surface area contributed by atoms with Crippen molar-refractivity contribution in [3.05, 3.63) is 0 Å². The third-order valence-corrected chi connectivity index (χ3v) is 5.83. The Balaban J connectivity index is 2.37. The van der Waals surface area contributed by atoms with Crippen LogP contribution in [-0.2, 0) is 0 Å². The van der Waals surface area contributed by atoms with E-state index in [2.05, 4.69) is 44.2 Å². The van der Waals surface area contributed by atoms with Crippen LogP contribution in [-0.4, -0.2) is 48.6 Å². The van der Waals surface area contributed by atoms with Gasteiger partial charge in [-0.25, -0.2) is 0 Å². The van der Waals surface area contributed by atoms with Gasteiger partial charge >= 0.3 is 0 Å². The molecular formula is C18H38N2S. The molecule has 0 aliphatic carbocycles. The van der Waals surface area contributed by atoms with Gasteiger partial charge in [-0.3, -0.25) is 4.90 Å². The van der Waals surface area contributed by atoms with Crippen molar-refractivity contribution in [1.82, 2.24) is 10.2 Å². The normalized spacial score (nSPS) is 25.4. The maximum Gasteiger partial charge on any atom is 0.0244 e. The lowest BCUT2D eigenvalue weighted by atomic mass is 9.92. The van der Waals surface area contributed by atoms with Gasteiger partial charge in [0.1, 0.15) is 0 Å². The van der Waals surface area contributed by atoms with E-state index in [1.54, 1.807) is 0 Å². The van der Waals surface area contributed by atoms with Crippen LogP contribution in [0.1, 0.15) is 59.8 Å². The van der Waals surface area contributed by atoms with Crippen molar-refractivity contribution in [3.63, 3.8) is 0 Å². The Hall–Kier alpha value is 0.270. The molecule has 1 heterocycles. The number of nitrogens with zero attached hydrogens (tertiary/aromatic N) is 1. The first kappa shape index (κ1) is 19.3. The molecule has 1 rings (SSSR count). The fraction of sp³-hybridized carbons (Fsp3) is 1.00. The van der Waals surface area contributed by atoms with Crippen LogP contribution in [0.4, 0.5) is 0 Å². The lowest BCUT2D eigenvalue weighted by molar-refractivity contribution is 0.0803. The van der Waals surface area contributed by atoms with E-state index in [0.29, 0.717) is 6.04 Å². The smallest absolute Gasteiger partial charge is 0.0244 e. The lowest BCUT2D eigenvalue weighted by Crippen LogP contribution is -2.60. The average Bonchev–Trinajstić information content (AvgIpc) is 2.49. The lowest BCUT2D eigenvalue weighted by Gasteiger charge is -2.44. The summed E-state index contributed by atoms with van der Waals surface area (Å²) >= 11 is 1.98. The van der Waals surface area contributed by atoms with E-state index in [-0.39, 0.29) is 0 Å². The summed E-state index contributed by atoms with van der Waals surface area (Å²) in [5.74, 6) is 2.88. The Bertz CT molecular complexity index is 258. The predicted octanol–water partition coefficient (Wildman–Crippen LogP) is 4.25. The van der Waals surface area contributed by atoms with Gasteiger partial charge in [0.2, 0.25) is 0 Å². The number of nitrogens with one attached hydrogen (secondary N) is 1. The van der Waals surface area contributed by atoms with Gasteiger partial charge in [-0.2, -0.15) is 11.8 Å². The van der Waals surface area contributed by atoms with Gasteiger partial charge in [0, 0.05) is 25.2 Å². The first-order chi connectivity index (χ1) is 10.1. The highest BCUT2D eigenvalue weighted by Crippen LogP contribution is 2.20. The van der Waals surface area contributed by atoms with E-state index in [0.717, 1.165) is 17.9 Å². The summed E-state index contributed by atoms with van der Waals surface area (Å²) in [6.07, 6.45) is 9.09. The van der Waals surface area contributed by atoms with Gasteiger partial charge in [-0.15, -0.1) is 0 Å². The third kappa shape index (κ3) is 6.92. The molecule has 3 atom stereocenters. The minimum absolute atomic E-state index is 0.696. The summed E-state index contributed by atoms with van der Waals surface area (Å²) in [6, 6.07) is 1.43. The number of thioether (sulfide) groups is 1. The van der Waals surface area contributed by atoms with Gasteiger partial charge < -0.3 is 5.32 Å². The number of hydrogen-bond donors (Lipinski definition) is 1. The molecule has 3 unspecified atom stereocenters. The molecule has 0 aromatic carbocycles. The number of hydrogen-bond acceptors (Lipinski definition) is 3. The molecule has 0 radical (unpaired) electrons. The van der Waals surface area contributed by atoms with Gasteiger partial charge in [0.15, 0.2) is 0 Å². The largest absolute Gasteiger partial charge is 0.311 e. The van der Waals surface area contributed by atoms with E-state index < -0.39 is 0 Å². The Kier molecular flexibility index (Phi) is 10.0. The zero-order valence-electron chi connectivity index (χ0n) is 15.0. The number of unbranched alkanes of at least 4 members (excludes halogenated alkanes) is 3. The first-order valence-electron chi connectivity index (χ1n) is 9.06. The molecule has 0 amide bonds. The van der Waals surface area contributed by atoms with Crippen molar-refractivity contribution in [3.8, 4) is 0 Å². The molecule has 126 valence electrons. The van der Waals surface area contributed by atoms with Crippen LogP contribution < -0.4 is 5.32 Å². The van der Waals surface area contributed by atoms with Crippen LogP contribution in [0.3, 0.4) is 0 Å². The predicted molar refractivity (Wildman–Crippen MR) is 98.3 cm³/mol. The second-order valence-electron chi connectivity index (χ2n) is 7.11. The number of rotatable bonds is 10. The van der Waals surface area contributed by atoms with Crippen molar-refractivity contribution in [2.75, 3.05) is 31.6 Å². The standard InChI is InChI=1S/C18H38N2S/c1-6-16(4)17-14-20(18(13-19-17)15(2)3)11-9-7-8-10-12-21-5/h15-19H,6-14H2,1-5H3. The zero-order valence-corrected chi connectivity index (χ0v) is 15.8. The molecular weight excluding hydrogens is 276 g/mol. The fourth-order valence-electron chi connectivity index (χ4n) is 3.35. The zero-order chi connectivity index (χ0) is 15.7. The highest BCUT2D eigenvalue weighted by molar-refractivity contribution is 7.98. The minimum atomic E-state index is 0.696. The molecule has 0 spiro atoms. The Morgan fingerprint density at radius 1 is 1.14 bits per heavy atom. The van der Waals surface area contributed by atoms with Crippen LogP contribution in [0.5, 0.6) is 0 Å². The van der Waals surface area contributed by atoms with E-state index in [1.165, 1.54) is 57.5 Å². The summed E-state index contributed by atoms with van der Waals surface area (Å²) in [6.45, 7) is 13.2. The summed E-state index contributed by atoms with van der Waals surface area (Å²) < 4.78 is 0. The molecule has 2 nitrogen and oxygen atoms in total. The van der Waals surface area contributed by atoms with Gasteiger partial charge in [-0.1, -0.05) is 47.0 Å². The molecule has 1 aliphatic heterocycles. The topological polar surface area (TPSA) is 15.3 Å². The van der Waals surface area contributed by atoms with Crippen LogP contribution in [0.15, 0.2) is 0 Å². The summed E-state index contributed by atoms with van der Waals surface area (Å²) in [5, 5.41) is 3.81. The Labute approximate surface area is 137 Å². The molecule has 1 fully saturated rings. The van der Waals surface area contributed by atoms with E-state index >= 15 is 0 Å². The van der Waals surface area contributed by atoms with E-state index in [9.17, 15) is 0 Å². The van der Waals surface area contributed by atoms with Crippen molar-refractivity contribution in [2.45, 2.75) is 71.9 Å². The molecule has 0 saturated carbocycles. The maximum atomic E-state index is 3.81. The second-order valence-corrected chi connectivity index (χ2v) is 8.10. The van der Waals surface area contributed by atoms with Crippen LogP contribution in [0, 0.1) is 11.8 Å². The van der Waals surface area contributed by atoms with Crippen molar-refractivity contribution in [1.29, 1.82) is 0 Å². The van der Waals surface area contributed by atoms with Crippen molar-refractivity contribution in [2.24, 2.45) is 11.8 Å². The summed E-state index contributed by atoms with van der Waals surface area (Å²) in [4.78, 5) is 2.78. The number of piperazine rings is 1. The van der Waals surface area contributed by atoms with Gasteiger partial charge in [0.05, 0.1) is 0 Å². The molecule has 0 aromatic heterocycles. The Morgan fingerprint density at radius 3 is 2.48 bits per heavy atom. The van der Waals surface area contributed by atoms with Crippen LogP contribution >= 0.6 is 11.8 Å². The second kappa shape index (κ2) is 10.9. The highest BCUT2D eigenvalue weighted by Gasteiger charge is 2.31. The monoisotopic (exact) mass is 314 g/mol. The third-order valence-electron chi connectivity index (χ3n) is 5.13. The van der Waals surface area contributed by atoms with Crippen LogP contribution in [0.2, 0.25) is 0 Å². The van der Waals surface area contributed by atoms with E-state index in [4.69, 9.17) is 0 Å². The van der Waals surface area contributed by atoms with Crippen molar-refractivity contribution < 1.29 is 0 Å². The molecule has 0 bridgehead atoms. The quantitative estimate of drug-likeness (QED) is 0.607. The molecule has 1 saturated heterocycles. The molecule has 21 heavy (non-hydrogen) atoms. The molecule has 3 heteroatoms. The first-order valence-corrected chi connectivity index (χ1v) is 10.5. The van der Waals surface area contributed by atoms with E-state index in [1.807, 2.05) is 11.8 Å². The van der Waals surface area contributed by atoms with Gasteiger partial charge in [-0.05, 0) is 43.2 Å². The highest BCUT2D eigenvalue weighted by atomic mass is 32.2. The Morgan fingerprint density at radius 2 is 1.86 bits per heavy atom. The fourth-order valence-corrected chi connectivity index (χ4v) is 3.84. The average molecular weight is 315 g/mol. The molecule has 1 aliphatic rings. The minimum Gasteiger partial charge on any atom is -0.311 e. The maximum absolute atomic E-state index is 3.81. The molecule has 0 aromatic rings. The summed E-state index contributed by atoms with van der Waals surface area (Å²) in [5.41, 5.74) is 0. The SMILES string of the molecule is CCC(C)C1CN(CCCCCCSC)C(C(C)C)CN1. The van der Waals surface area contributed by atoms with Crippen molar-refractivity contribution >= 4 is 11.8 Å². The summed E-state index contributed by atoms with van der Waals surface area (Å²) in [7, 11) is 0. The molecule has 1 N–H and O–H groups in total. The van der Waals surface area contributed by atoms with Crippen LogP contribution in [0.25, 0.3) is 0 Å². The van der Waals surface area contributed by atoms with Gasteiger partial charge in [0.25, 0.3) is 0 Å².